The highest BCUT2D eigenvalue weighted by Gasteiger charge is 2.93. The molecule has 0 aromatic carbocycles. The Morgan fingerprint density at radius 2 is 1.70 bits per heavy atom. The van der Waals surface area contributed by atoms with E-state index in [1.54, 1.807) is 6.92 Å². The van der Waals surface area contributed by atoms with Gasteiger partial charge >= 0.3 is 11.9 Å². The lowest BCUT2D eigenvalue weighted by molar-refractivity contribution is -0.339. The number of fused-ring (bicyclic) bond motifs is 2. The molecule has 2 aliphatic carbocycles. The molecule has 4 spiro atoms. The van der Waals surface area contributed by atoms with Crippen molar-refractivity contribution in [1.82, 2.24) is 0 Å². The van der Waals surface area contributed by atoms with Gasteiger partial charge in [0.2, 0.25) is 11.6 Å². The summed E-state index contributed by atoms with van der Waals surface area (Å²) in [4.78, 5) is 54.6. The number of carbonyl (C=O) groups is 4. The lowest BCUT2D eigenvalue weighted by Gasteiger charge is -2.50. The van der Waals surface area contributed by atoms with Gasteiger partial charge in [0.25, 0.3) is 0 Å². The highest BCUT2D eigenvalue weighted by Crippen LogP contribution is 2.76. The van der Waals surface area contributed by atoms with Crippen molar-refractivity contribution in [2.45, 2.75) is 125 Å². The van der Waals surface area contributed by atoms with Gasteiger partial charge in [-0.25, -0.2) is 4.79 Å². The minimum Gasteiger partial charge on any atom is -0.457 e. The number of carbonyl (C=O) groups excluding carboxylic acids is 4. The quantitative estimate of drug-likeness (QED) is 0.332. The minimum absolute atomic E-state index is 0.0310. The van der Waals surface area contributed by atoms with E-state index in [2.05, 4.69) is 0 Å². The van der Waals surface area contributed by atoms with Crippen LogP contribution in [-0.4, -0.2) is 86.8 Å². The van der Waals surface area contributed by atoms with Gasteiger partial charge in [-0.2, -0.15) is 0 Å². The molecule has 9 aliphatic rings. The third-order valence-corrected chi connectivity index (χ3v) is 12.8. The Bertz CT molecular complexity index is 1350. The van der Waals surface area contributed by atoms with Crippen molar-refractivity contribution in [3.8, 4) is 0 Å². The average molecular weight is 559 g/mol. The van der Waals surface area contributed by atoms with E-state index in [0.717, 1.165) is 0 Å². The second kappa shape index (κ2) is 6.37. The molecule has 0 aromatic rings. The summed E-state index contributed by atoms with van der Waals surface area (Å²) in [5.74, 6) is -5.63. The van der Waals surface area contributed by atoms with Crippen LogP contribution in [0, 0.1) is 29.1 Å². The summed E-state index contributed by atoms with van der Waals surface area (Å²) in [6.07, 6.45) is -1.64. The summed E-state index contributed by atoms with van der Waals surface area (Å²) >= 11 is 0. The number of ketones is 2. The molecule has 1 N–H and O–H groups in total. The first-order chi connectivity index (χ1) is 18.6. The van der Waals surface area contributed by atoms with Gasteiger partial charge < -0.3 is 33.5 Å². The van der Waals surface area contributed by atoms with Crippen molar-refractivity contribution in [3.05, 3.63) is 0 Å². The molecular formula is C29H34O11. The first kappa shape index (κ1) is 24.7. The topological polar surface area (TPSA) is 147 Å². The minimum atomic E-state index is -2.03. The lowest BCUT2D eigenvalue weighted by atomic mass is 9.60. The van der Waals surface area contributed by atoms with Crippen LogP contribution < -0.4 is 0 Å². The Balaban J connectivity index is 1.25. The number of hydrogen-bond donors (Lipinski definition) is 1. The molecule has 0 aromatic heterocycles. The van der Waals surface area contributed by atoms with Gasteiger partial charge in [-0.3, -0.25) is 14.4 Å². The van der Waals surface area contributed by atoms with Crippen LogP contribution in [0.1, 0.15) is 66.7 Å². The molecule has 14 atom stereocenters. The molecule has 11 nitrogen and oxygen atoms in total. The first-order valence-corrected chi connectivity index (χ1v) is 14.6. The number of ether oxygens (including phenoxy) is 6. The van der Waals surface area contributed by atoms with Gasteiger partial charge in [-0.05, 0) is 40.0 Å². The normalized spacial score (nSPS) is 63.2. The van der Waals surface area contributed by atoms with E-state index in [9.17, 15) is 24.3 Å². The SMILES string of the molecule is CC1C(=O)C2(C)CCC34CC56OC(=O)CC5OC(C)(C)C6CC5OC53C(=O)C3(OC5C(OC(=O)C5(C)O)C1C23)O4. The Hall–Kier alpha value is -1.92. The summed E-state index contributed by atoms with van der Waals surface area (Å²) < 4.78 is 38.4. The highest BCUT2D eigenvalue weighted by atomic mass is 16.8. The number of epoxide rings is 1. The molecule has 0 amide bonds. The summed E-state index contributed by atoms with van der Waals surface area (Å²) in [6, 6.07) is 0. The van der Waals surface area contributed by atoms with Gasteiger partial charge in [0.05, 0.1) is 18.1 Å². The van der Waals surface area contributed by atoms with Crippen LogP contribution in [0.15, 0.2) is 0 Å². The summed E-state index contributed by atoms with van der Waals surface area (Å²) in [6.45, 7) is 8.95. The molecule has 2 saturated carbocycles. The van der Waals surface area contributed by atoms with Gasteiger partial charge in [0.15, 0.2) is 11.2 Å². The number of esters is 2. The fraction of sp³-hybridized carbons (Fsp3) is 0.862. The predicted molar refractivity (Wildman–Crippen MR) is 128 cm³/mol. The van der Waals surface area contributed by atoms with Gasteiger partial charge in [0, 0.05) is 35.5 Å². The van der Waals surface area contributed by atoms with Crippen LogP contribution >= 0.6 is 0 Å². The lowest BCUT2D eigenvalue weighted by Crippen LogP contribution is -2.66. The average Bonchev–Trinajstić information content (AvgIpc) is 3.33. The van der Waals surface area contributed by atoms with Gasteiger partial charge in [0.1, 0.15) is 35.3 Å². The Morgan fingerprint density at radius 1 is 0.950 bits per heavy atom. The Morgan fingerprint density at radius 3 is 2.45 bits per heavy atom. The maximum Gasteiger partial charge on any atom is 0.341 e. The smallest absolute Gasteiger partial charge is 0.341 e. The van der Waals surface area contributed by atoms with E-state index in [4.69, 9.17) is 28.4 Å². The largest absolute Gasteiger partial charge is 0.457 e. The fourth-order valence-corrected chi connectivity index (χ4v) is 11.1. The van der Waals surface area contributed by atoms with E-state index < -0.39 is 93.1 Å². The number of Topliss-reactive ketones (excluding diaryl/α,β-unsaturated/α-hetero) is 2. The van der Waals surface area contributed by atoms with Crippen molar-refractivity contribution in [2.75, 3.05) is 0 Å². The number of aliphatic hydroxyl groups is 1. The zero-order chi connectivity index (χ0) is 28.2. The van der Waals surface area contributed by atoms with Crippen molar-refractivity contribution in [1.29, 1.82) is 0 Å². The van der Waals surface area contributed by atoms with Crippen molar-refractivity contribution >= 4 is 23.5 Å². The second-order valence-electron chi connectivity index (χ2n) is 14.9. The Kier molecular flexibility index (Phi) is 3.92. The van der Waals surface area contributed by atoms with Crippen LogP contribution in [0.5, 0.6) is 0 Å². The third-order valence-electron chi connectivity index (χ3n) is 12.8. The van der Waals surface area contributed by atoms with Crippen molar-refractivity contribution in [3.63, 3.8) is 0 Å². The zero-order valence-corrected chi connectivity index (χ0v) is 23.2. The maximum absolute atomic E-state index is 15.0. The second-order valence-corrected chi connectivity index (χ2v) is 14.9. The molecule has 9 fully saturated rings. The third kappa shape index (κ3) is 2.20. The number of hydrogen-bond acceptors (Lipinski definition) is 11. The summed E-state index contributed by atoms with van der Waals surface area (Å²) in [5.41, 5.74) is -7.25. The molecule has 7 heterocycles. The monoisotopic (exact) mass is 558 g/mol. The van der Waals surface area contributed by atoms with E-state index in [1.165, 1.54) is 6.92 Å². The molecule has 11 heteroatoms. The Labute approximate surface area is 230 Å². The van der Waals surface area contributed by atoms with E-state index in [1.807, 2.05) is 20.8 Å². The molecule has 7 saturated heterocycles. The molecule has 2 bridgehead atoms. The van der Waals surface area contributed by atoms with E-state index in [0.29, 0.717) is 19.3 Å². The fourth-order valence-electron chi connectivity index (χ4n) is 11.1. The standard InChI is InChI=1S/C29H34O11/c1-11-16-17-20(25(5,34)22(33)35-17)39-29-18(16)24(4,19(11)31)6-7-26(40-29)10-27-12(8-14-28(26,37-14)21(29)32)23(2,3)36-13(27)9-15(30)38-27/h11-14,16-18,20,34H,6-10H2,1-5H3. The maximum atomic E-state index is 15.0. The first-order valence-electron chi connectivity index (χ1n) is 14.6. The highest BCUT2D eigenvalue weighted by molar-refractivity contribution is 6.03. The molecule has 14 unspecified atom stereocenters. The van der Waals surface area contributed by atoms with Crippen molar-refractivity contribution < 1.29 is 52.7 Å². The molecule has 40 heavy (non-hydrogen) atoms. The van der Waals surface area contributed by atoms with Crippen LogP contribution in [0.4, 0.5) is 0 Å². The summed E-state index contributed by atoms with van der Waals surface area (Å²) in [7, 11) is 0. The van der Waals surface area contributed by atoms with E-state index in [-0.39, 0.29) is 30.5 Å². The van der Waals surface area contributed by atoms with Crippen LogP contribution in [0.2, 0.25) is 0 Å². The number of rotatable bonds is 0. The molecule has 7 aliphatic heterocycles. The molecule has 0 radical (unpaired) electrons. The summed E-state index contributed by atoms with van der Waals surface area (Å²) in [5, 5.41) is 11.2. The van der Waals surface area contributed by atoms with Crippen molar-refractivity contribution in [2.24, 2.45) is 29.1 Å². The molecule has 216 valence electrons. The van der Waals surface area contributed by atoms with Gasteiger partial charge in [-0.15, -0.1) is 0 Å². The van der Waals surface area contributed by atoms with E-state index >= 15 is 0 Å². The van der Waals surface area contributed by atoms with Crippen LogP contribution in [0.3, 0.4) is 0 Å². The molecular weight excluding hydrogens is 524 g/mol. The van der Waals surface area contributed by atoms with Crippen LogP contribution in [-0.2, 0) is 47.6 Å². The zero-order valence-electron chi connectivity index (χ0n) is 23.2. The predicted octanol–water partition coefficient (Wildman–Crippen LogP) is 0.758. The molecule has 9 rings (SSSR count). The van der Waals surface area contributed by atoms with Gasteiger partial charge in [-0.1, -0.05) is 13.8 Å². The van der Waals surface area contributed by atoms with Crippen LogP contribution in [0.25, 0.3) is 0 Å².